The number of allylic oxidation sites excluding steroid dienone is 1. The van der Waals surface area contributed by atoms with Crippen molar-refractivity contribution in [2.45, 2.75) is 25.9 Å². The number of carbonyl (C=O) groups excluding carboxylic acids is 2. The third-order valence-electron chi connectivity index (χ3n) is 3.30. The lowest BCUT2D eigenvalue weighted by Gasteiger charge is -2.18. The van der Waals surface area contributed by atoms with Crippen molar-refractivity contribution in [3.05, 3.63) is 34.9 Å². The summed E-state index contributed by atoms with van der Waals surface area (Å²) in [7, 11) is 1.46. The fourth-order valence-corrected chi connectivity index (χ4v) is 2.16. The summed E-state index contributed by atoms with van der Waals surface area (Å²) in [6, 6.07) is 4.61. The number of hydrogen-bond acceptors (Lipinski definition) is 5. The van der Waals surface area contributed by atoms with Crippen LogP contribution in [0.4, 0.5) is 0 Å². The fraction of sp³-hybridized carbons (Fsp3) is 0.333. The van der Waals surface area contributed by atoms with Gasteiger partial charge in [0.15, 0.2) is 0 Å². The zero-order chi connectivity index (χ0) is 14.9. The topological polar surface area (TPSA) is 83.8 Å². The maximum absolute atomic E-state index is 12.1. The van der Waals surface area contributed by atoms with E-state index in [0.717, 1.165) is 0 Å². The van der Waals surface area contributed by atoms with E-state index >= 15 is 0 Å². The predicted molar refractivity (Wildman–Crippen MR) is 72.8 cm³/mol. The molecular formula is C15H16O5. The molecule has 1 aromatic carbocycles. The number of fused-ring (bicyclic) bond motifs is 1. The zero-order valence-corrected chi connectivity index (χ0v) is 11.3. The molecule has 0 heterocycles. The van der Waals surface area contributed by atoms with Crippen molar-refractivity contribution >= 4 is 17.3 Å². The summed E-state index contributed by atoms with van der Waals surface area (Å²) in [6.07, 6.45) is -0.126. The predicted octanol–water partition coefficient (Wildman–Crippen LogP) is 1.89. The van der Waals surface area contributed by atoms with Gasteiger partial charge in [0.2, 0.25) is 11.6 Å². The van der Waals surface area contributed by atoms with Crippen LogP contribution in [0.2, 0.25) is 0 Å². The van der Waals surface area contributed by atoms with Gasteiger partial charge in [0.1, 0.15) is 11.5 Å². The molecular weight excluding hydrogens is 260 g/mol. The van der Waals surface area contributed by atoms with E-state index in [-0.39, 0.29) is 23.3 Å². The van der Waals surface area contributed by atoms with Crippen LogP contribution in [0.5, 0.6) is 5.75 Å². The third kappa shape index (κ3) is 2.44. The molecule has 2 N–H and O–H groups in total. The van der Waals surface area contributed by atoms with Crippen molar-refractivity contribution in [1.29, 1.82) is 0 Å². The first-order valence-electron chi connectivity index (χ1n) is 6.33. The molecule has 0 aromatic heterocycles. The van der Waals surface area contributed by atoms with E-state index in [9.17, 15) is 19.8 Å². The van der Waals surface area contributed by atoms with Crippen LogP contribution in [-0.4, -0.2) is 35.0 Å². The Morgan fingerprint density at radius 3 is 2.50 bits per heavy atom. The maximum atomic E-state index is 12.1. The van der Waals surface area contributed by atoms with Crippen LogP contribution in [0.15, 0.2) is 23.8 Å². The van der Waals surface area contributed by atoms with Crippen LogP contribution in [0.1, 0.15) is 35.7 Å². The summed E-state index contributed by atoms with van der Waals surface area (Å²) in [5.41, 5.74) is 0.539. The van der Waals surface area contributed by atoms with E-state index in [1.807, 2.05) is 0 Å². The Balaban J connectivity index is 2.48. The van der Waals surface area contributed by atoms with E-state index in [0.29, 0.717) is 17.7 Å². The number of benzene rings is 1. The van der Waals surface area contributed by atoms with Crippen LogP contribution in [0.3, 0.4) is 0 Å². The summed E-state index contributed by atoms with van der Waals surface area (Å²) in [6.45, 7) is 1.59. The Morgan fingerprint density at radius 1 is 1.20 bits per heavy atom. The minimum absolute atomic E-state index is 0.0635. The number of ketones is 2. The summed E-state index contributed by atoms with van der Waals surface area (Å²) < 4.78 is 5.01. The molecule has 20 heavy (non-hydrogen) atoms. The molecule has 2 rings (SSSR count). The first-order chi connectivity index (χ1) is 9.45. The second-order valence-electron chi connectivity index (χ2n) is 4.78. The molecule has 106 valence electrons. The molecule has 5 nitrogen and oxygen atoms in total. The smallest absolute Gasteiger partial charge is 0.234 e. The van der Waals surface area contributed by atoms with Crippen LogP contribution in [0.25, 0.3) is 5.76 Å². The molecule has 1 aliphatic rings. The Labute approximate surface area is 116 Å². The summed E-state index contributed by atoms with van der Waals surface area (Å²) in [4.78, 5) is 24.1. The van der Waals surface area contributed by atoms with Crippen LogP contribution < -0.4 is 4.74 Å². The maximum Gasteiger partial charge on any atom is 0.234 e. The quantitative estimate of drug-likeness (QED) is 0.820. The second-order valence-corrected chi connectivity index (χ2v) is 4.78. The summed E-state index contributed by atoms with van der Waals surface area (Å²) in [5, 5.41) is 19.4. The zero-order valence-electron chi connectivity index (χ0n) is 11.3. The van der Waals surface area contributed by atoms with Gasteiger partial charge in [-0.1, -0.05) is 0 Å². The van der Waals surface area contributed by atoms with Crippen molar-refractivity contribution < 1.29 is 24.5 Å². The van der Waals surface area contributed by atoms with Crippen molar-refractivity contribution in [3.63, 3.8) is 0 Å². The van der Waals surface area contributed by atoms with Gasteiger partial charge >= 0.3 is 0 Å². The van der Waals surface area contributed by atoms with E-state index in [1.54, 1.807) is 19.1 Å². The lowest BCUT2D eigenvalue weighted by atomic mass is 9.86. The normalized spacial score (nSPS) is 16.1. The minimum Gasteiger partial charge on any atom is -0.507 e. The number of aliphatic hydroxyl groups is 2. The van der Waals surface area contributed by atoms with Crippen LogP contribution in [0, 0.1) is 0 Å². The number of methoxy groups -OCH3 is 1. The van der Waals surface area contributed by atoms with Gasteiger partial charge in [0.05, 0.1) is 13.2 Å². The highest BCUT2D eigenvalue weighted by atomic mass is 16.5. The van der Waals surface area contributed by atoms with Crippen molar-refractivity contribution in [2.24, 2.45) is 0 Å². The van der Waals surface area contributed by atoms with Gasteiger partial charge < -0.3 is 14.9 Å². The molecule has 0 saturated heterocycles. The van der Waals surface area contributed by atoms with Crippen LogP contribution in [-0.2, 0) is 4.79 Å². The molecule has 1 aliphatic carbocycles. The molecule has 0 fully saturated rings. The first kappa shape index (κ1) is 14.3. The number of carbonyl (C=O) groups is 2. The molecule has 5 heteroatoms. The largest absolute Gasteiger partial charge is 0.507 e. The summed E-state index contributed by atoms with van der Waals surface area (Å²) >= 11 is 0. The lowest BCUT2D eigenvalue weighted by molar-refractivity contribution is -0.112. The number of aliphatic hydroxyl groups excluding tert-OH is 2. The van der Waals surface area contributed by atoms with Gasteiger partial charge in [-0.3, -0.25) is 9.59 Å². The Hall–Kier alpha value is -2.14. The highest BCUT2D eigenvalue weighted by Crippen LogP contribution is 2.32. The van der Waals surface area contributed by atoms with Crippen LogP contribution >= 0.6 is 0 Å². The molecule has 0 saturated carbocycles. The summed E-state index contributed by atoms with van der Waals surface area (Å²) in [5.74, 6) is -1.11. The number of rotatable bonds is 4. The number of Topliss-reactive ketones (excluding diaryl/α,β-unsaturated/α-hetero) is 2. The van der Waals surface area contributed by atoms with E-state index in [2.05, 4.69) is 0 Å². The van der Waals surface area contributed by atoms with Gasteiger partial charge in [0, 0.05) is 16.7 Å². The molecule has 0 spiro atoms. The first-order valence-corrected chi connectivity index (χ1v) is 6.33. The average molecular weight is 276 g/mol. The Kier molecular flexibility index (Phi) is 3.90. The van der Waals surface area contributed by atoms with Gasteiger partial charge in [-0.2, -0.15) is 0 Å². The van der Waals surface area contributed by atoms with Crippen molar-refractivity contribution in [1.82, 2.24) is 0 Å². The Bertz CT molecular complexity index is 598. The second kappa shape index (κ2) is 5.46. The van der Waals surface area contributed by atoms with E-state index in [1.165, 1.54) is 13.2 Å². The van der Waals surface area contributed by atoms with E-state index in [4.69, 9.17) is 4.74 Å². The molecule has 0 radical (unpaired) electrons. The monoisotopic (exact) mass is 276 g/mol. The van der Waals surface area contributed by atoms with Gasteiger partial charge in [-0.25, -0.2) is 0 Å². The highest BCUT2D eigenvalue weighted by Gasteiger charge is 2.32. The molecule has 1 unspecified atom stereocenters. The van der Waals surface area contributed by atoms with Gasteiger partial charge in [-0.15, -0.1) is 0 Å². The molecule has 0 aliphatic heterocycles. The minimum atomic E-state index is -0.719. The van der Waals surface area contributed by atoms with Gasteiger partial charge in [0.25, 0.3) is 0 Å². The van der Waals surface area contributed by atoms with E-state index < -0.39 is 17.7 Å². The number of ether oxygens (including phenoxy) is 1. The third-order valence-corrected chi connectivity index (χ3v) is 3.30. The van der Waals surface area contributed by atoms with Crippen molar-refractivity contribution in [2.75, 3.05) is 7.11 Å². The number of hydrogen-bond donors (Lipinski definition) is 2. The average Bonchev–Trinajstić information content (AvgIpc) is 2.44. The van der Waals surface area contributed by atoms with Crippen molar-refractivity contribution in [3.8, 4) is 5.75 Å². The highest BCUT2D eigenvalue weighted by molar-refractivity contribution is 6.52. The molecule has 1 atom stereocenters. The molecule has 1 aromatic rings. The molecule has 0 bridgehead atoms. The van der Waals surface area contributed by atoms with Gasteiger partial charge in [-0.05, 0) is 38.0 Å². The standard InChI is InChI=1S/C15H16O5/c1-8(16)3-5-11-13(17)10-6-4-9(20-2)7-12(10)15(19)14(11)18/h4,6-8,16-17H,3,5H2,1-2H3. The lowest BCUT2D eigenvalue weighted by Crippen LogP contribution is -2.24. The fourth-order valence-electron chi connectivity index (χ4n) is 2.16. The molecule has 0 amide bonds. The Morgan fingerprint density at radius 2 is 1.90 bits per heavy atom. The SMILES string of the molecule is COc1ccc2c(c1)C(=O)C(=O)C(CCC(C)O)=C2O.